The maximum atomic E-state index is 11.7. The first-order valence-corrected chi connectivity index (χ1v) is 5.13. The lowest BCUT2D eigenvalue weighted by Crippen LogP contribution is -2.33. The maximum absolute atomic E-state index is 11.7. The Morgan fingerprint density at radius 3 is 2.94 bits per heavy atom. The number of carbonyl (C=O) groups is 1. The molecule has 0 unspecified atom stereocenters. The number of amides is 1. The molecule has 1 rings (SSSR count). The van der Waals surface area contributed by atoms with Crippen LogP contribution >= 0.6 is 11.6 Å². The smallest absolute Gasteiger partial charge is 0.251 e. The highest BCUT2D eigenvalue weighted by atomic mass is 35.5. The van der Waals surface area contributed by atoms with Crippen LogP contribution in [0, 0.1) is 16.7 Å². The van der Waals surface area contributed by atoms with Gasteiger partial charge in [-0.2, -0.15) is 5.26 Å². The SMILES string of the molecule is CC(C)(C#N)CNC(=O)c1ccnc(Cl)c1. The third-order valence-corrected chi connectivity index (χ3v) is 2.19. The lowest BCUT2D eigenvalue weighted by molar-refractivity contribution is 0.0943. The number of nitrogens with one attached hydrogen (secondary N) is 1. The number of pyridine rings is 1. The zero-order valence-electron chi connectivity index (χ0n) is 9.12. The van der Waals surface area contributed by atoms with Gasteiger partial charge in [0.05, 0.1) is 11.5 Å². The lowest BCUT2D eigenvalue weighted by Gasteiger charge is -2.15. The van der Waals surface area contributed by atoms with Crippen LogP contribution in [0.3, 0.4) is 0 Å². The summed E-state index contributed by atoms with van der Waals surface area (Å²) in [6.07, 6.45) is 1.46. The number of hydrogen-bond donors (Lipinski definition) is 1. The lowest BCUT2D eigenvalue weighted by atomic mass is 9.96. The van der Waals surface area contributed by atoms with Crippen LogP contribution in [0.5, 0.6) is 0 Å². The third kappa shape index (κ3) is 3.52. The molecule has 0 aliphatic heterocycles. The molecule has 0 aromatic carbocycles. The van der Waals surface area contributed by atoms with Crippen molar-refractivity contribution in [3.8, 4) is 6.07 Å². The van der Waals surface area contributed by atoms with Crippen molar-refractivity contribution in [3.63, 3.8) is 0 Å². The van der Waals surface area contributed by atoms with Crippen molar-refractivity contribution >= 4 is 17.5 Å². The van der Waals surface area contributed by atoms with Crippen LogP contribution in [0.15, 0.2) is 18.3 Å². The average molecular weight is 238 g/mol. The number of hydrogen-bond acceptors (Lipinski definition) is 3. The minimum atomic E-state index is -0.577. The van der Waals surface area contributed by atoms with Gasteiger partial charge < -0.3 is 5.32 Å². The summed E-state index contributed by atoms with van der Waals surface area (Å²) in [5.41, 5.74) is -0.138. The van der Waals surface area contributed by atoms with Crippen molar-refractivity contribution in [2.24, 2.45) is 5.41 Å². The Kier molecular flexibility index (Phi) is 3.86. The standard InChI is InChI=1S/C11H12ClN3O/c1-11(2,6-13)7-15-10(16)8-3-4-14-9(12)5-8/h3-5H,7H2,1-2H3,(H,15,16). The molecular formula is C11H12ClN3O. The molecule has 0 spiro atoms. The van der Waals surface area contributed by atoms with Gasteiger partial charge in [-0.05, 0) is 26.0 Å². The van der Waals surface area contributed by atoms with Crippen molar-refractivity contribution in [1.29, 1.82) is 5.26 Å². The van der Waals surface area contributed by atoms with E-state index >= 15 is 0 Å². The molecule has 0 fully saturated rings. The molecule has 1 amide bonds. The van der Waals surface area contributed by atoms with Crippen molar-refractivity contribution < 1.29 is 4.79 Å². The van der Waals surface area contributed by atoms with E-state index in [1.54, 1.807) is 19.9 Å². The molecule has 1 heterocycles. The molecule has 0 radical (unpaired) electrons. The zero-order chi connectivity index (χ0) is 12.2. The minimum absolute atomic E-state index is 0.257. The highest BCUT2D eigenvalue weighted by Gasteiger charge is 2.18. The van der Waals surface area contributed by atoms with Gasteiger partial charge in [0, 0.05) is 18.3 Å². The predicted octanol–water partition coefficient (Wildman–Crippen LogP) is 2.01. The molecule has 0 bridgehead atoms. The van der Waals surface area contributed by atoms with Gasteiger partial charge in [0.1, 0.15) is 5.15 Å². The van der Waals surface area contributed by atoms with Crippen LogP contribution in [0.2, 0.25) is 5.15 Å². The summed E-state index contributed by atoms with van der Waals surface area (Å²) in [5, 5.41) is 11.7. The first-order valence-electron chi connectivity index (χ1n) is 4.75. The van der Waals surface area contributed by atoms with Gasteiger partial charge in [0.2, 0.25) is 0 Å². The van der Waals surface area contributed by atoms with E-state index < -0.39 is 5.41 Å². The number of nitriles is 1. The zero-order valence-corrected chi connectivity index (χ0v) is 9.88. The summed E-state index contributed by atoms with van der Waals surface area (Å²) >= 11 is 5.66. The average Bonchev–Trinajstić information content (AvgIpc) is 2.26. The van der Waals surface area contributed by atoms with Crippen molar-refractivity contribution in [3.05, 3.63) is 29.0 Å². The molecule has 0 saturated carbocycles. The molecule has 0 saturated heterocycles. The van der Waals surface area contributed by atoms with Crippen LogP contribution in [0.4, 0.5) is 0 Å². The van der Waals surface area contributed by atoms with E-state index in [0.717, 1.165) is 0 Å². The topological polar surface area (TPSA) is 65.8 Å². The number of aromatic nitrogens is 1. The first kappa shape index (κ1) is 12.5. The second-order valence-electron chi connectivity index (χ2n) is 4.05. The van der Waals surface area contributed by atoms with Crippen LogP contribution < -0.4 is 5.32 Å². The van der Waals surface area contributed by atoms with Crippen molar-refractivity contribution in [2.75, 3.05) is 6.54 Å². The van der Waals surface area contributed by atoms with E-state index in [0.29, 0.717) is 12.1 Å². The summed E-state index contributed by atoms with van der Waals surface area (Å²) in [6.45, 7) is 3.81. The Hall–Kier alpha value is -1.60. The fourth-order valence-electron chi connectivity index (χ4n) is 0.987. The predicted molar refractivity (Wildman–Crippen MR) is 61.0 cm³/mol. The normalized spacial score (nSPS) is 10.6. The maximum Gasteiger partial charge on any atom is 0.251 e. The van der Waals surface area contributed by atoms with Crippen LogP contribution in [-0.2, 0) is 0 Å². The number of carbonyl (C=O) groups excluding carboxylic acids is 1. The monoisotopic (exact) mass is 237 g/mol. The summed E-state index contributed by atoms with van der Waals surface area (Å²) in [4.78, 5) is 15.4. The fourth-order valence-corrected chi connectivity index (χ4v) is 1.16. The second kappa shape index (κ2) is 4.95. The molecule has 84 valence electrons. The fraction of sp³-hybridized carbons (Fsp3) is 0.364. The van der Waals surface area contributed by atoms with E-state index in [-0.39, 0.29) is 11.1 Å². The van der Waals surface area contributed by atoms with Gasteiger partial charge in [-0.25, -0.2) is 4.98 Å². The van der Waals surface area contributed by atoms with Gasteiger partial charge in [-0.3, -0.25) is 4.79 Å². The van der Waals surface area contributed by atoms with E-state index in [9.17, 15) is 4.79 Å². The van der Waals surface area contributed by atoms with E-state index in [2.05, 4.69) is 16.4 Å². The molecule has 1 N–H and O–H groups in total. The Morgan fingerprint density at radius 1 is 1.69 bits per heavy atom. The van der Waals surface area contributed by atoms with Gasteiger partial charge in [0.15, 0.2) is 0 Å². The Labute approximate surface area is 99.2 Å². The molecule has 0 aliphatic rings. The summed E-state index contributed by atoms with van der Waals surface area (Å²) in [5.74, 6) is -0.257. The van der Waals surface area contributed by atoms with Gasteiger partial charge in [0.25, 0.3) is 5.91 Å². The van der Waals surface area contributed by atoms with Crippen LogP contribution in [0.1, 0.15) is 24.2 Å². The quantitative estimate of drug-likeness (QED) is 0.818. The Bertz CT molecular complexity index is 437. The Morgan fingerprint density at radius 2 is 2.38 bits per heavy atom. The van der Waals surface area contributed by atoms with Gasteiger partial charge >= 0.3 is 0 Å². The minimum Gasteiger partial charge on any atom is -0.350 e. The summed E-state index contributed by atoms with van der Waals surface area (Å²) in [7, 11) is 0. The highest BCUT2D eigenvalue weighted by Crippen LogP contribution is 2.12. The van der Waals surface area contributed by atoms with Crippen LogP contribution in [-0.4, -0.2) is 17.4 Å². The molecule has 16 heavy (non-hydrogen) atoms. The number of halogens is 1. The molecule has 1 aromatic heterocycles. The van der Waals surface area contributed by atoms with E-state index in [1.807, 2.05) is 0 Å². The second-order valence-corrected chi connectivity index (χ2v) is 4.43. The molecular weight excluding hydrogens is 226 g/mol. The molecule has 5 heteroatoms. The van der Waals surface area contributed by atoms with Gasteiger partial charge in [-0.1, -0.05) is 11.6 Å². The molecule has 0 atom stereocenters. The summed E-state index contributed by atoms with van der Waals surface area (Å²) in [6, 6.07) is 5.16. The van der Waals surface area contributed by atoms with Crippen LogP contribution in [0.25, 0.3) is 0 Å². The van der Waals surface area contributed by atoms with Gasteiger partial charge in [-0.15, -0.1) is 0 Å². The number of nitrogens with zero attached hydrogens (tertiary/aromatic N) is 2. The van der Waals surface area contributed by atoms with Crippen molar-refractivity contribution in [1.82, 2.24) is 10.3 Å². The molecule has 1 aromatic rings. The highest BCUT2D eigenvalue weighted by molar-refractivity contribution is 6.29. The third-order valence-electron chi connectivity index (χ3n) is 1.98. The van der Waals surface area contributed by atoms with Crippen molar-refractivity contribution in [2.45, 2.75) is 13.8 Å². The number of rotatable bonds is 3. The molecule has 4 nitrogen and oxygen atoms in total. The Balaban J connectivity index is 2.64. The molecule has 0 aliphatic carbocycles. The van der Waals surface area contributed by atoms with E-state index in [4.69, 9.17) is 16.9 Å². The first-order chi connectivity index (χ1) is 7.44. The summed E-state index contributed by atoms with van der Waals surface area (Å²) < 4.78 is 0. The largest absolute Gasteiger partial charge is 0.350 e. The van der Waals surface area contributed by atoms with E-state index in [1.165, 1.54) is 12.3 Å².